The second-order valence-electron chi connectivity index (χ2n) is 5.38. The van der Waals surface area contributed by atoms with Gasteiger partial charge in [-0.05, 0) is 41.4 Å². The van der Waals surface area contributed by atoms with Gasteiger partial charge in [-0.1, -0.05) is 0 Å². The van der Waals surface area contributed by atoms with Crippen LogP contribution in [0.25, 0.3) is 10.1 Å². The van der Waals surface area contributed by atoms with Crippen LogP contribution >= 0.6 is 27.3 Å². The molecule has 20 heavy (non-hydrogen) atoms. The largest absolute Gasteiger partial charge is 0.392 e. The van der Waals surface area contributed by atoms with E-state index in [0.29, 0.717) is 0 Å². The van der Waals surface area contributed by atoms with Crippen molar-refractivity contribution in [3.05, 3.63) is 32.0 Å². The highest BCUT2D eigenvalue weighted by Gasteiger charge is 2.19. The van der Waals surface area contributed by atoms with Gasteiger partial charge in [0, 0.05) is 31.2 Å². The van der Waals surface area contributed by atoms with Crippen LogP contribution in [0.4, 0.5) is 0 Å². The molecule has 0 radical (unpaired) electrons. The molecule has 4 nitrogen and oxygen atoms in total. The fraction of sp³-hybridized carbons (Fsp3) is 0.500. The number of fused-ring (bicyclic) bond motifs is 1. The van der Waals surface area contributed by atoms with Crippen LogP contribution in [-0.4, -0.2) is 33.8 Å². The average Bonchev–Trinajstić information content (AvgIpc) is 2.81. The van der Waals surface area contributed by atoms with Crippen molar-refractivity contribution in [2.75, 3.05) is 13.1 Å². The molecule has 0 bridgehead atoms. The molecular formula is C14H17BrN2O2S. The summed E-state index contributed by atoms with van der Waals surface area (Å²) in [6.07, 6.45) is 3.54. The molecule has 1 aliphatic heterocycles. The molecule has 0 aromatic carbocycles. The van der Waals surface area contributed by atoms with Crippen molar-refractivity contribution in [3.8, 4) is 0 Å². The molecule has 1 N–H and O–H groups in total. The Balaban J connectivity index is 1.91. The summed E-state index contributed by atoms with van der Waals surface area (Å²) in [5.41, 5.74) is 0.0457. The highest BCUT2D eigenvalue weighted by atomic mass is 79.9. The number of pyridine rings is 1. The fourth-order valence-corrected chi connectivity index (χ4v) is 4.58. The SMILES string of the molecule is Cn1cc(Br)c2sc(CN3CCCC(O)C3)cc2c1=O. The molecule has 1 saturated heterocycles. The van der Waals surface area contributed by atoms with E-state index < -0.39 is 0 Å². The first-order chi connectivity index (χ1) is 9.54. The van der Waals surface area contributed by atoms with Crippen LogP contribution in [0, 0.1) is 0 Å². The van der Waals surface area contributed by atoms with Crippen LogP contribution in [0.3, 0.4) is 0 Å². The Bertz CT molecular complexity index is 694. The maximum atomic E-state index is 12.1. The number of aromatic nitrogens is 1. The molecule has 108 valence electrons. The highest BCUT2D eigenvalue weighted by Crippen LogP contribution is 2.30. The summed E-state index contributed by atoms with van der Waals surface area (Å²) in [5, 5.41) is 10.5. The molecule has 6 heteroatoms. The highest BCUT2D eigenvalue weighted by molar-refractivity contribution is 9.10. The lowest BCUT2D eigenvalue weighted by atomic mass is 10.1. The zero-order valence-corrected chi connectivity index (χ0v) is 13.7. The van der Waals surface area contributed by atoms with Gasteiger partial charge in [0.05, 0.1) is 20.7 Å². The van der Waals surface area contributed by atoms with E-state index in [4.69, 9.17) is 0 Å². The number of aliphatic hydroxyl groups is 1. The van der Waals surface area contributed by atoms with E-state index in [1.54, 1.807) is 23.0 Å². The van der Waals surface area contributed by atoms with Gasteiger partial charge in [0.1, 0.15) is 0 Å². The molecule has 1 fully saturated rings. The van der Waals surface area contributed by atoms with Crippen LogP contribution in [0.2, 0.25) is 0 Å². The van der Waals surface area contributed by atoms with Crippen molar-refractivity contribution in [1.82, 2.24) is 9.47 Å². The fourth-order valence-electron chi connectivity index (χ4n) is 2.73. The Morgan fingerprint density at radius 2 is 2.35 bits per heavy atom. The molecule has 2 aromatic heterocycles. The van der Waals surface area contributed by atoms with Gasteiger partial charge >= 0.3 is 0 Å². The number of aliphatic hydroxyl groups excluding tert-OH is 1. The molecule has 0 saturated carbocycles. The van der Waals surface area contributed by atoms with Crippen molar-refractivity contribution in [3.63, 3.8) is 0 Å². The average molecular weight is 357 g/mol. The summed E-state index contributed by atoms with van der Waals surface area (Å²) >= 11 is 5.19. The zero-order chi connectivity index (χ0) is 14.3. The van der Waals surface area contributed by atoms with E-state index in [9.17, 15) is 9.90 Å². The normalized spacial score (nSPS) is 20.6. The topological polar surface area (TPSA) is 45.5 Å². The first-order valence-electron chi connectivity index (χ1n) is 6.72. The zero-order valence-electron chi connectivity index (χ0n) is 11.3. The Kier molecular flexibility index (Phi) is 3.99. The lowest BCUT2D eigenvalue weighted by molar-refractivity contribution is 0.0674. The third-order valence-corrected chi connectivity index (χ3v) is 5.73. The van der Waals surface area contributed by atoms with Crippen molar-refractivity contribution in [1.29, 1.82) is 0 Å². The van der Waals surface area contributed by atoms with Crippen LogP contribution in [0.1, 0.15) is 17.7 Å². The van der Waals surface area contributed by atoms with Crippen LogP contribution in [0.15, 0.2) is 21.5 Å². The van der Waals surface area contributed by atoms with Gasteiger partial charge in [0.2, 0.25) is 0 Å². The van der Waals surface area contributed by atoms with Crippen molar-refractivity contribution >= 4 is 37.4 Å². The third-order valence-electron chi connectivity index (χ3n) is 3.72. The first kappa shape index (κ1) is 14.3. The molecule has 1 atom stereocenters. The minimum absolute atomic E-state index is 0.0457. The molecular weight excluding hydrogens is 340 g/mol. The lowest BCUT2D eigenvalue weighted by Gasteiger charge is -2.29. The van der Waals surface area contributed by atoms with Gasteiger partial charge < -0.3 is 9.67 Å². The summed E-state index contributed by atoms with van der Waals surface area (Å²) in [6.45, 7) is 2.56. The number of piperidine rings is 1. The van der Waals surface area contributed by atoms with Gasteiger partial charge in [-0.2, -0.15) is 0 Å². The minimum Gasteiger partial charge on any atom is -0.392 e. The minimum atomic E-state index is -0.210. The number of hydrogen-bond acceptors (Lipinski definition) is 4. The number of aryl methyl sites for hydroxylation is 1. The number of thiophene rings is 1. The predicted octanol–water partition coefficient (Wildman–Crippen LogP) is 2.32. The summed E-state index contributed by atoms with van der Waals surface area (Å²) in [7, 11) is 1.77. The molecule has 3 rings (SSSR count). The molecule has 0 spiro atoms. The first-order valence-corrected chi connectivity index (χ1v) is 8.33. The summed E-state index contributed by atoms with van der Waals surface area (Å²) in [5.74, 6) is 0. The molecule has 3 heterocycles. The number of likely N-dealkylation sites (tertiary alicyclic amines) is 1. The number of rotatable bonds is 2. The molecule has 0 amide bonds. The van der Waals surface area contributed by atoms with Gasteiger partial charge in [-0.15, -0.1) is 11.3 Å². The van der Waals surface area contributed by atoms with Crippen LogP contribution < -0.4 is 5.56 Å². The third kappa shape index (κ3) is 2.70. The van der Waals surface area contributed by atoms with Crippen molar-refractivity contribution in [2.24, 2.45) is 7.05 Å². The second-order valence-corrected chi connectivity index (χ2v) is 7.37. The predicted molar refractivity (Wildman–Crippen MR) is 85.3 cm³/mol. The Morgan fingerprint density at radius 1 is 1.55 bits per heavy atom. The maximum absolute atomic E-state index is 12.1. The smallest absolute Gasteiger partial charge is 0.259 e. The molecule has 1 aliphatic rings. The van der Waals surface area contributed by atoms with E-state index in [1.165, 1.54) is 4.88 Å². The van der Waals surface area contributed by atoms with Gasteiger partial charge in [-0.25, -0.2) is 0 Å². The number of β-amino-alcohol motifs (C(OH)–C–C–N with tert-alkyl or cyclic N) is 1. The summed E-state index contributed by atoms with van der Waals surface area (Å²) in [4.78, 5) is 15.6. The summed E-state index contributed by atoms with van der Waals surface area (Å²) < 4.78 is 3.58. The summed E-state index contributed by atoms with van der Waals surface area (Å²) in [6, 6.07) is 1.99. The van der Waals surface area contributed by atoms with E-state index in [1.807, 2.05) is 12.3 Å². The van der Waals surface area contributed by atoms with E-state index in [0.717, 1.165) is 47.0 Å². The monoisotopic (exact) mass is 356 g/mol. The number of halogens is 1. The van der Waals surface area contributed by atoms with Gasteiger partial charge in [0.15, 0.2) is 0 Å². The number of nitrogens with zero attached hydrogens (tertiary/aromatic N) is 2. The van der Waals surface area contributed by atoms with E-state index in [-0.39, 0.29) is 11.7 Å². The van der Waals surface area contributed by atoms with Crippen molar-refractivity contribution < 1.29 is 5.11 Å². The molecule has 2 aromatic rings. The lowest BCUT2D eigenvalue weighted by Crippen LogP contribution is -2.37. The Labute approximate surface area is 129 Å². The van der Waals surface area contributed by atoms with Gasteiger partial charge in [0.25, 0.3) is 5.56 Å². The second kappa shape index (κ2) is 5.60. The van der Waals surface area contributed by atoms with E-state index >= 15 is 0 Å². The quantitative estimate of drug-likeness (QED) is 0.897. The van der Waals surface area contributed by atoms with Crippen LogP contribution in [0.5, 0.6) is 0 Å². The Hall–Kier alpha value is -0.690. The maximum Gasteiger partial charge on any atom is 0.259 e. The number of hydrogen-bond donors (Lipinski definition) is 1. The molecule has 1 unspecified atom stereocenters. The van der Waals surface area contributed by atoms with E-state index in [2.05, 4.69) is 20.8 Å². The van der Waals surface area contributed by atoms with Gasteiger partial charge in [-0.3, -0.25) is 9.69 Å². The molecule has 0 aliphatic carbocycles. The van der Waals surface area contributed by atoms with Crippen molar-refractivity contribution in [2.45, 2.75) is 25.5 Å². The standard InChI is InChI=1S/C14H17BrN2O2S/c1-16-8-12(15)13-11(14(16)19)5-10(20-13)7-17-4-2-3-9(18)6-17/h5,8-9,18H,2-4,6-7H2,1H3. The van der Waals surface area contributed by atoms with Crippen LogP contribution in [-0.2, 0) is 13.6 Å². The Morgan fingerprint density at radius 3 is 3.10 bits per heavy atom.